The highest BCUT2D eigenvalue weighted by molar-refractivity contribution is 5.79. The summed E-state index contributed by atoms with van der Waals surface area (Å²) in [6.45, 7) is 5.01. The van der Waals surface area contributed by atoms with E-state index in [0.29, 0.717) is 18.5 Å². The lowest BCUT2D eigenvalue weighted by atomic mass is 9.82. The van der Waals surface area contributed by atoms with E-state index in [1.165, 1.54) is 32.1 Å². The molecule has 0 amide bonds. The van der Waals surface area contributed by atoms with Crippen molar-refractivity contribution in [3.63, 3.8) is 0 Å². The molecule has 146 valence electrons. The molecule has 1 aromatic rings. The fraction of sp³-hybridized carbons (Fsp3) is 0.800. The Morgan fingerprint density at radius 1 is 1.31 bits per heavy atom. The summed E-state index contributed by atoms with van der Waals surface area (Å²) in [5.41, 5.74) is 1.07. The fourth-order valence-corrected chi connectivity index (χ4v) is 4.60. The Kier molecular flexibility index (Phi) is 6.57. The molecule has 3 heterocycles. The van der Waals surface area contributed by atoms with Gasteiger partial charge in [-0.05, 0) is 45.6 Å². The van der Waals surface area contributed by atoms with Crippen LogP contribution in [0.2, 0.25) is 0 Å². The van der Waals surface area contributed by atoms with E-state index in [4.69, 9.17) is 4.52 Å². The number of guanidine groups is 1. The molecule has 2 bridgehead atoms. The van der Waals surface area contributed by atoms with Crippen molar-refractivity contribution in [2.24, 2.45) is 4.99 Å². The molecule has 26 heavy (non-hydrogen) atoms. The van der Waals surface area contributed by atoms with Crippen LogP contribution in [0.3, 0.4) is 0 Å². The molecule has 0 aromatic carbocycles. The molecule has 3 rings (SSSR count). The minimum atomic E-state index is 0.489. The van der Waals surface area contributed by atoms with Gasteiger partial charge < -0.3 is 20.1 Å². The number of fused-ring (bicyclic) bond motifs is 2. The van der Waals surface area contributed by atoms with Gasteiger partial charge in [0.05, 0.1) is 12.2 Å². The van der Waals surface area contributed by atoms with E-state index in [2.05, 4.69) is 52.6 Å². The second-order valence-electron chi connectivity index (χ2n) is 7.87. The molecule has 2 atom stereocenters. The number of hydrogen-bond acceptors (Lipinski definition) is 4. The summed E-state index contributed by atoms with van der Waals surface area (Å²) in [5, 5.41) is 11.3. The third-order valence-corrected chi connectivity index (χ3v) is 6.32. The van der Waals surface area contributed by atoms with Crippen molar-refractivity contribution >= 4 is 5.96 Å². The third kappa shape index (κ3) is 4.40. The summed E-state index contributed by atoms with van der Waals surface area (Å²) in [7, 11) is 4.13. The Hall–Kier alpha value is -1.56. The molecule has 0 spiro atoms. The van der Waals surface area contributed by atoms with E-state index in [1.807, 2.05) is 7.05 Å². The van der Waals surface area contributed by atoms with Crippen molar-refractivity contribution in [2.75, 3.05) is 14.1 Å². The molecule has 2 saturated heterocycles. The zero-order valence-corrected chi connectivity index (χ0v) is 16.8. The minimum Gasteiger partial charge on any atom is -0.359 e. The van der Waals surface area contributed by atoms with Gasteiger partial charge >= 0.3 is 0 Å². The number of nitrogens with one attached hydrogen (secondary N) is 2. The van der Waals surface area contributed by atoms with Crippen LogP contribution in [0.15, 0.2) is 15.6 Å². The monoisotopic (exact) mass is 361 g/mol. The van der Waals surface area contributed by atoms with Crippen molar-refractivity contribution in [1.82, 2.24) is 20.7 Å². The van der Waals surface area contributed by atoms with Crippen LogP contribution in [0, 0.1) is 0 Å². The van der Waals surface area contributed by atoms with Gasteiger partial charge in [0.1, 0.15) is 0 Å². The van der Waals surface area contributed by atoms with Crippen LogP contribution in [-0.4, -0.2) is 48.2 Å². The molecular formula is C20H35N5O. The van der Waals surface area contributed by atoms with Crippen molar-refractivity contribution in [2.45, 2.75) is 89.4 Å². The Bertz CT molecular complexity index is 581. The Morgan fingerprint density at radius 2 is 2.00 bits per heavy atom. The molecule has 0 aliphatic carbocycles. The number of nitrogens with zero attached hydrogens (tertiary/aromatic N) is 3. The summed E-state index contributed by atoms with van der Waals surface area (Å²) >= 11 is 0. The number of hydrogen-bond donors (Lipinski definition) is 2. The molecular weight excluding hydrogens is 326 g/mol. The van der Waals surface area contributed by atoms with Crippen LogP contribution in [0.5, 0.6) is 0 Å². The summed E-state index contributed by atoms with van der Waals surface area (Å²) in [4.78, 5) is 6.99. The molecule has 0 radical (unpaired) electrons. The smallest absolute Gasteiger partial charge is 0.191 e. The SMILES string of the molecule is CCC(CC)c1cc(CNC(=NC)NC2CC3CCCC(C2)N3C)on1. The molecule has 0 saturated carbocycles. The van der Waals surface area contributed by atoms with E-state index in [0.717, 1.165) is 42.3 Å². The molecule has 2 fully saturated rings. The van der Waals surface area contributed by atoms with E-state index < -0.39 is 0 Å². The van der Waals surface area contributed by atoms with E-state index >= 15 is 0 Å². The lowest BCUT2D eigenvalue weighted by Gasteiger charge is -2.47. The zero-order chi connectivity index (χ0) is 18.5. The summed E-state index contributed by atoms with van der Waals surface area (Å²) in [6.07, 6.45) is 8.63. The predicted molar refractivity (Wildman–Crippen MR) is 105 cm³/mol. The van der Waals surface area contributed by atoms with Gasteiger partial charge in [-0.1, -0.05) is 25.4 Å². The first-order valence-electron chi connectivity index (χ1n) is 10.3. The molecule has 2 aliphatic heterocycles. The van der Waals surface area contributed by atoms with E-state index in [9.17, 15) is 0 Å². The lowest BCUT2D eigenvalue weighted by molar-refractivity contribution is 0.0526. The van der Waals surface area contributed by atoms with Crippen molar-refractivity contribution < 1.29 is 4.52 Å². The second kappa shape index (κ2) is 8.89. The molecule has 2 N–H and O–H groups in total. The van der Waals surface area contributed by atoms with Gasteiger partial charge in [-0.2, -0.15) is 0 Å². The van der Waals surface area contributed by atoms with Crippen LogP contribution < -0.4 is 10.6 Å². The Morgan fingerprint density at radius 3 is 2.62 bits per heavy atom. The number of aliphatic imine (C=N–C) groups is 1. The first-order chi connectivity index (χ1) is 12.6. The molecule has 1 aromatic heterocycles. The third-order valence-electron chi connectivity index (χ3n) is 6.32. The van der Waals surface area contributed by atoms with Gasteiger partial charge in [0.15, 0.2) is 11.7 Å². The summed E-state index contributed by atoms with van der Waals surface area (Å²) in [6, 6.07) is 4.02. The maximum absolute atomic E-state index is 5.51. The second-order valence-corrected chi connectivity index (χ2v) is 7.87. The van der Waals surface area contributed by atoms with Gasteiger partial charge in [0.2, 0.25) is 0 Å². The average Bonchev–Trinajstić information content (AvgIpc) is 3.09. The van der Waals surface area contributed by atoms with Crippen LogP contribution in [0.1, 0.15) is 76.2 Å². The highest BCUT2D eigenvalue weighted by Gasteiger charge is 2.36. The largest absolute Gasteiger partial charge is 0.359 e. The Balaban J connectivity index is 1.51. The lowest BCUT2D eigenvalue weighted by Crippen LogP contribution is -2.56. The molecule has 2 aliphatic rings. The number of rotatable bonds is 6. The van der Waals surface area contributed by atoms with Crippen LogP contribution in [0.4, 0.5) is 0 Å². The van der Waals surface area contributed by atoms with Gasteiger partial charge in [0, 0.05) is 37.2 Å². The van der Waals surface area contributed by atoms with Gasteiger partial charge in [0.25, 0.3) is 0 Å². The topological polar surface area (TPSA) is 65.7 Å². The van der Waals surface area contributed by atoms with Crippen molar-refractivity contribution in [1.29, 1.82) is 0 Å². The van der Waals surface area contributed by atoms with Crippen LogP contribution in [-0.2, 0) is 6.54 Å². The normalized spacial score (nSPS) is 27.0. The number of aromatic nitrogens is 1. The Labute approximate surface area is 157 Å². The molecule has 6 nitrogen and oxygen atoms in total. The summed E-state index contributed by atoms with van der Waals surface area (Å²) in [5.74, 6) is 2.22. The van der Waals surface area contributed by atoms with Crippen molar-refractivity contribution in [3.05, 3.63) is 17.5 Å². The fourth-order valence-electron chi connectivity index (χ4n) is 4.60. The molecule has 2 unspecified atom stereocenters. The predicted octanol–water partition coefficient (Wildman–Crippen LogP) is 3.26. The maximum atomic E-state index is 5.51. The van der Waals surface area contributed by atoms with Gasteiger partial charge in [-0.15, -0.1) is 0 Å². The van der Waals surface area contributed by atoms with Crippen LogP contribution in [0.25, 0.3) is 0 Å². The van der Waals surface area contributed by atoms with E-state index in [-0.39, 0.29) is 0 Å². The maximum Gasteiger partial charge on any atom is 0.191 e. The van der Waals surface area contributed by atoms with Crippen LogP contribution >= 0.6 is 0 Å². The number of piperidine rings is 2. The first-order valence-corrected chi connectivity index (χ1v) is 10.3. The minimum absolute atomic E-state index is 0.489. The van der Waals surface area contributed by atoms with Crippen molar-refractivity contribution in [3.8, 4) is 0 Å². The quantitative estimate of drug-likeness (QED) is 0.601. The average molecular weight is 362 g/mol. The van der Waals surface area contributed by atoms with E-state index in [1.54, 1.807) is 0 Å². The zero-order valence-electron chi connectivity index (χ0n) is 16.8. The highest BCUT2D eigenvalue weighted by atomic mass is 16.5. The highest BCUT2D eigenvalue weighted by Crippen LogP contribution is 2.32. The standard InChI is InChI=1S/C20H35N5O/c1-5-14(6-2)19-12-18(26-24-19)13-22-20(21-3)23-15-10-16-8-7-9-17(11-15)25(16)4/h12,14-17H,5-11,13H2,1-4H3,(H2,21,22,23). The van der Waals surface area contributed by atoms with Gasteiger partial charge in [-0.3, -0.25) is 4.99 Å². The first kappa shape index (κ1) is 19.2. The van der Waals surface area contributed by atoms with Gasteiger partial charge in [-0.25, -0.2) is 0 Å². The molecule has 6 heteroatoms. The summed E-state index contributed by atoms with van der Waals surface area (Å²) < 4.78 is 5.51.